The van der Waals surface area contributed by atoms with Gasteiger partial charge in [0.15, 0.2) is 5.58 Å². The lowest BCUT2D eigenvalue weighted by molar-refractivity contribution is 0.203. The predicted molar refractivity (Wildman–Crippen MR) is 88.4 cm³/mol. The lowest BCUT2D eigenvalue weighted by Crippen LogP contribution is -2.29. The number of aromatic nitrogens is 1. The van der Waals surface area contributed by atoms with Crippen LogP contribution in [0.4, 0.5) is 0 Å². The zero-order valence-electron chi connectivity index (χ0n) is 12.4. The molecule has 114 valence electrons. The molecule has 21 heavy (non-hydrogen) atoms. The number of hydrogen-bond acceptors (Lipinski definition) is 5. The van der Waals surface area contributed by atoms with Gasteiger partial charge in [-0.2, -0.15) is 11.8 Å². The molecule has 0 saturated carbocycles. The maximum Gasteiger partial charge on any atom is 0.209 e. The van der Waals surface area contributed by atoms with Crippen molar-refractivity contribution in [1.29, 1.82) is 0 Å². The number of likely N-dealkylation sites (tertiary alicyclic amines) is 1. The second-order valence-corrected chi connectivity index (χ2v) is 6.69. The van der Waals surface area contributed by atoms with E-state index in [2.05, 4.69) is 22.0 Å². The van der Waals surface area contributed by atoms with Crippen LogP contribution in [0.5, 0.6) is 0 Å². The van der Waals surface area contributed by atoms with Gasteiger partial charge in [-0.1, -0.05) is 12.5 Å². The molecule has 0 atom stereocenters. The molecule has 1 aliphatic rings. The van der Waals surface area contributed by atoms with Crippen LogP contribution in [0.2, 0.25) is 0 Å². The Morgan fingerprint density at radius 3 is 2.90 bits per heavy atom. The van der Waals surface area contributed by atoms with E-state index in [9.17, 15) is 0 Å². The molecule has 0 unspecified atom stereocenters. The molecule has 2 N–H and O–H groups in total. The van der Waals surface area contributed by atoms with Gasteiger partial charge in [0, 0.05) is 18.1 Å². The van der Waals surface area contributed by atoms with Crippen molar-refractivity contribution < 1.29 is 4.42 Å². The Morgan fingerprint density at radius 2 is 2.10 bits per heavy atom. The Bertz CT molecular complexity index is 578. The van der Waals surface area contributed by atoms with Gasteiger partial charge in [0.25, 0.3) is 0 Å². The summed E-state index contributed by atoms with van der Waals surface area (Å²) in [5.74, 6) is 2.83. The van der Waals surface area contributed by atoms with Gasteiger partial charge in [0.1, 0.15) is 5.52 Å². The highest BCUT2D eigenvalue weighted by Gasteiger charge is 2.14. The molecule has 1 aromatic heterocycles. The van der Waals surface area contributed by atoms with Gasteiger partial charge in [-0.3, -0.25) is 4.90 Å². The summed E-state index contributed by atoms with van der Waals surface area (Å²) in [7, 11) is 0. The van der Waals surface area contributed by atoms with Crippen molar-refractivity contribution >= 4 is 22.9 Å². The number of hydrogen-bond donors (Lipinski definition) is 1. The molecule has 2 aromatic rings. The lowest BCUT2D eigenvalue weighted by Gasteiger charge is -2.24. The molecule has 0 aliphatic carbocycles. The van der Waals surface area contributed by atoms with E-state index in [1.54, 1.807) is 0 Å². The first kappa shape index (κ1) is 14.9. The highest BCUT2D eigenvalue weighted by Crippen LogP contribution is 2.21. The van der Waals surface area contributed by atoms with Crippen LogP contribution < -0.4 is 5.73 Å². The molecule has 3 rings (SSSR count). The topological polar surface area (TPSA) is 55.3 Å². The number of oxazole rings is 1. The van der Waals surface area contributed by atoms with Gasteiger partial charge in [0.05, 0.1) is 6.54 Å². The first-order valence-electron chi connectivity index (χ1n) is 7.73. The minimum Gasteiger partial charge on any atom is -0.439 e. The van der Waals surface area contributed by atoms with Crippen molar-refractivity contribution in [2.45, 2.75) is 31.6 Å². The van der Waals surface area contributed by atoms with E-state index in [0.717, 1.165) is 41.6 Å². The molecule has 0 radical (unpaired) electrons. The third-order valence-corrected chi connectivity index (χ3v) is 4.90. The van der Waals surface area contributed by atoms with Crippen molar-refractivity contribution in [1.82, 2.24) is 9.88 Å². The molecule has 0 spiro atoms. The lowest BCUT2D eigenvalue weighted by atomic mass is 10.1. The van der Waals surface area contributed by atoms with Crippen molar-refractivity contribution in [3.63, 3.8) is 0 Å². The Kier molecular flexibility index (Phi) is 5.17. The van der Waals surface area contributed by atoms with Crippen LogP contribution in [0, 0.1) is 0 Å². The molecule has 0 amide bonds. The SMILES string of the molecule is NCCSCc1ccc2oc(CN3CCCCC3)nc2c1. The standard InChI is InChI=1S/C16H23N3OS/c17-6-9-21-12-13-4-5-15-14(10-13)18-16(20-15)11-19-7-2-1-3-8-19/h4-5,10H,1-3,6-9,11-12,17H2. The summed E-state index contributed by atoms with van der Waals surface area (Å²) in [5.41, 5.74) is 8.69. The van der Waals surface area contributed by atoms with Crippen LogP contribution in [0.25, 0.3) is 11.1 Å². The fourth-order valence-electron chi connectivity index (χ4n) is 2.76. The van der Waals surface area contributed by atoms with Crippen LogP contribution in [0.1, 0.15) is 30.7 Å². The zero-order chi connectivity index (χ0) is 14.5. The van der Waals surface area contributed by atoms with E-state index < -0.39 is 0 Å². The summed E-state index contributed by atoms with van der Waals surface area (Å²) < 4.78 is 5.87. The maximum atomic E-state index is 5.87. The molecule has 4 nitrogen and oxygen atoms in total. The molecular weight excluding hydrogens is 282 g/mol. The van der Waals surface area contributed by atoms with Crippen LogP contribution >= 0.6 is 11.8 Å². The van der Waals surface area contributed by atoms with Gasteiger partial charge in [-0.15, -0.1) is 0 Å². The normalized spacial score (nSPS) is 16.6. The summed E-state index contributed by atoms with van der Waals surface area (Å²) in [6.07, 6.45) is 3.94. The highest BCUT2D eigenvalue weighted by atomic mass is 32.2. The minimum atomic E-state index is 0.733. The number of thioether (sulfide) groups is 1. The van der Waals surface area contributed by atoms with Crippen molar-refractivity contribution in [2.75, 3.05) is 25.4 Å². The first-order chi connectivity index (χ1) is 10.3. The summed E-state index contributed by atoms with van der Waals surface area (Å²) in [6, 6.07) is 6.31. The van der Waals surface area contributed by atoms with Crippen molar-refractivity contribution in [2.24, 2.45) is 5.73 Å². The van der Waals surface area contributed by atoms with Crippen LogP contribution in [0.3, 0.4) is 0 Å². The molecule has 1 fully saturated rings. The van der Waals surface area contributed by atoms with Crippen molar-refractivity contribution in [3.05, 3.63) is 29.7 Å². The first-order valence-corrected chi connectivity index (χ1v) is 8.89. The third-order valence-electron chi connectivity index (χ3n) is 3.83. The van der Waals surface area contributed by atoms with Crippen LogP contribution in [-0.4, -0.2) is 35.3 Å². The van der Waals surface area contributed by atoms with Crippen LogP contribution in [0.15, 0.2) is 22.6 Å². The number of rotatable bonds is 6. The number of benzene rings is 1. The third kappa shape index (κ3) is 3.99. The summed E-state index contributed by atoms with van der Waals surface area (Å²) >= 11 is 1.86. The summed E-state index contributed by atoms with van der Waals surface area (Å²) in [5, 5.41) is 0. The van der Waals surface area contributed by atoms with E-state index in [1.165, 1.54) is 37.9 Å². The van der Waals surface area contributed by atoms with E-state index in [0.29, 0.717) is 0 Å². The predicted octanol–water partition coefficient (Wildman–Crippen LogP) is 3.01. The fourth-order valence-corrected chi connectivity index (χ4v) is 3.49. The van der Waals surface area contributed by atoms with Gasteiger partial charge in [-0.25, -0.2) is 4.98 Å². The Hall–Kier alpha value is -1.04. The average molecular weight is 305 g/mol. The largest absolute Gasteiger partial charge is 0.439 e. The van der Waals surface area contributed by atoms with Gasteiger partial charge in [-0.05, 0) is 43.6 Å². The Morgan fingerprint density at radius 1 is 1.24 bits per heavy atom. The Labute approximate surface area is 130 Å². The summed E-state index contributed by atoms with van der Waals surface area (Å²) in [6.45, 7) is 3.90. The molecule has 1 saturated heterocycles. The molecular formula is C16H23N3OS. The van der Waals surface area contributed by atoms with E-state index in [-0.39, 0.29) is 0 Å². The molecule has 5 heteroatoms. The molecule has 0 bridgehead atoms. The highest BCUT2D eigenvalue weighted by molar-refractivity contribution is 7.98. The number of nitrogens with zero attached hydrogens (tertiary/aromatic N) is 2. The molecule has 2 heterocycles. The molecule has 1 aliphatic heterocycles. The Balaban J connectivity index is 1.67. The van der Waals surface area contributed by atoms with E-state index >= 15 is 0 Å². The number of fused-ring (bicyclic) bond motifs is 1. The number of piperidine rings is 1. The zero-order valence-corrected chi connectivity index (χ0v) is 13.2. The monoisotopic (exact) mass is 305 g/mol. The van der Waals surface area contributed by atoms with E-state index in [4.69, 9.17) is 10.2 Å². The fraction of sp³-hybridized carbons (Fsp3) is 0.562. The van der Waals surface area contributed by atoms with Crippen LogP contribution in [-0.2, 0) is 12.3 Å². The van der Waals surface area contributed by atoms with Crippen molar-refractivity contribution in [3.8, 4) is 0 Å². The van der Waals surface area contributed by atoms with Gasteiger partial charge in [0.2, 0.25) is 5.89 Å². The second-order valence-electron chi connectivity index (χ2n) is 5.59. The maximum absolute atomic E-state index is 5.87. The minimum absolute atomic E-state index is 0.733. The average Bonchev–Trinajstić information content (AvgIpc) is 2.90. The van der Waals surface area contributed by atoms with E-state index in [1.807, 2.05) is 17.8 Å². The quantitative estimate of drug-likeness (QED) is 0.831. The number of nitrogens with two attached hydrogens (primary N) is 1. The molecule has 1 aromatic carbocycles. The summed E-state index contributed by atoms with van der Waals surface area (Å²) in [4.78, 5) is 7.09. The van der Waals surface area contributed by atoms with Gasteiger partial charge < -0.3 is 10.2 Å². The van der Waals surface area contributed by atoms with Gasteiger partial charge >= 0.3 is 0 Å². The second kappa shape index (κ2) is 7.29. The smallest absolute Gasteiger partial charge is 0.209 e.